The second-order valence-corrected chi connectivity index (χ2v) is 8.26. The van der Waals surface area contributed by atoms with Crippen LogP contribution < -0.4 is 5.32 Å². The molecule has 4 atom stereocenters. The number of halogens is 1. The maximum absolute atomic E-state index is 13.0. The fraction of sp³-hybridized carbons (Fsp3) is 0.579. The maximum Gasteiger partial charge on any atom is 0.318 e. The summed E-state index contributed by atoms with van der Waals surface area (Å²) in [6.45, 7) is 2.90. The number of hydrogen-bond acceptors (Lipinski definition) is 3. The third kappa shape index (κ3) is 2.79. The van der Waals surface area contributed by atoms with Crippen LogP contribution in [0.1, 0.15) is 49.3 Å². The van der Waals surface area contributed by atoms with Crippen LogP contribution in [0.5, 0.6) is 0 Å². The summed E-state index contributed by atoms with van der Waals surface area (Å²) in [5.74, 6) is 0. The molecule has 0 aliphatic carbocycles. The van der Waals surface area contributed by atoms with E-state index in [0.717, 1.165) is 43.1 Å². The summed E-state index contributed by atoms with van der Waals surface area (Å²) in [6, 6.07) is 7.00. The molecular formula is C19H23BrN4O. The van der Waals surface area contributed by atoms with Gasteiger partial charge in [0.15, 0.2) is 6.19 Å². The van der Waals surface area contributed by atoms with E-state index in [1.54, 1.807) is 0 Å². The summed E-state index contributed by atoms with van der Waals surface area (Å²) in [7, 11) is 0. The van der Waals surface area contributed by atoms with Gasteiger partial charge in [0.05, 0.1) is 18.1 Å². The highest BCUT2D eigenvalue weighted by molar-refractivity contribution is 9.10. The van der Waals surface area contributed by atoms with Gasteiger partial charge in [0.1, 0.15) is 0 Å². The summed E-state index contributed by atoms with van der Waals surface area (Å²) >= 11 is 3.60. The zero-order valence-electron chi connectivity index (χ0n) is 14.4. The number of nitriles is 1. The van der Waals surface area contributed by atoms with Crippen LogP contribution >= 0.6 is 15.9 Å². The molecule has 2 amide bonds. The lowest BCUT2D eigenvalue weighted by Crippen LogP contribution is -2.49. The Balaban J connectivity index is 1.49. The third-order valence-electron chi connectivity index (χ3n) is 6.14. The number of nitrogens with one attached hydrogen (secondary N) is 1. The standard InChI is InChI=1S/C19H23BrN4O/c1-12-14(4-2-5-15(12)20)17-6-3-9-23(17)19(25)22-16-10-13-7-8-18(16)24(13)11-21/h2,4-5,13,16-18H,3,6-10H2,1H3,(H,22,25)/t13-,16+,17-,18+/m0/s1. The van der Waals surface area contributed by atoms with Crippen LogP contribution in [0.2, 0.25) is 0 Å². The largest absolute Gasteiger partial charge is 0.333 e. The second kappa shape index (κ2) is 6.53. The van der Waals surface area contributed by atoms with E-state index in [4.69, 9.17) is 0 Å². The van der Waals surface area contributed by atoms with Gasteiger partial charge in [0.25, 0.3) is 0 Å². The first-order chi connectivity index (χ1) is 12.1. The highest BCUT2D eigenvalue weighted by Crippen LogP contribution is 2.39. The van der Waals surface area contributed by atoms with E-state index in [1.807, 2.05) is 21.9 Å². The molecule has 1 N–H and O–H groups in total. The van der Waals surface area contributed by atoms with E-state index in [9.17, 15) is 10.1 Å². The molecule has 3 heterocycles. The summed E-state index contributed by atoms with van der Waals surface area (Å²) in [4.78, 5) is 16.8. The minimum atomic E-state index is 0.0253. The molecule has 0 aromatic heterocycles. The van der Waals surface area contributed by atoms with Crippen molar-refractivity contribution < 1.29 is 4.79 Å². The van der Waals surface area contributed by atoms with E-state index < -0.39 is 0 Å². The number of amides is 2. The first-order valence-corrected chi connectivity index (χ1v) is 9.89. The van der Waals surface area contributed by atoms with Crippen molar-refractivity contribution in [3.05, 3.63) is 33.8 Å². The molecule has 3 aliphatic heterocycles. The molecule has 1 aromatic carbocycles. The lowest BCUT2D eigenvalue weighted by Gasteiger charge is -2.30. The maximum atomic E-state index is 13.0. The molecule has 2 bridgehead atoms. The number of likely N-dealkylation sites (tertiary alicyclic amines) is 1. The monoisotopic (exact) mass is 402 g/mol. The highest BCUT2D eigenvalue weighted by atomic mass is 79.9. The molecule has 3 aliphatic rings. The Bertz CT molecular complexity index is 731. The van der Waals surface area contributed by atoms with Crippen LogP contribution in [-0.4, -0.2) is 40.5 Å². The molecule has 3 saturated heterocycles. The van der Waals surface area contributed by atoms with Crippen LogP contribution in [0, 0.1) is 18.4 Å². The summed E-state index contributed by atoms with van der Waals surface area (Å²) in [5.41, 5.74) is 2.44. The van der Waals surface area contributed by atoms with Gasteiger partial charge in [-0.15, -0.1) is 0 Å². The number of rotatable bonds is 2. The van der Waals surface area contributed by atoms with Crippen molar-refractivity contribution in [2.75, 3.05) is 6.54 Å². The number of urea groups is 1. The van der Waals surface area contributed by atoms with Gasteiger partial charge < -0.3 is 15.1 Å². The average molecular weight is 403 g/mol. The zero-order chi connectivity index (χ0) is 17.6. The van der Waals surface area contributed by atoms with E-state index in [2.05, 4.69) is 40.4 Å². The topological polar surface area (TPSA) is 59.4 Å². The Kier molecular flexibility index (Phi) is 4.36. The van der Waals surface area contributed by atoms with Crippen molar-refractivity contribution in [3.8, 4) is 6.19 Å². The second-order valence-electron chi connectivity index (χ2n) is 7.40. The Morgan fingerprint density at radius 1 is 1.36 bits per heavy atom. The minimum Gasteiger partial charge on any atom is -0.333 e. The predicted molar refractivity (Wildman–Crippen MR) is 98.8 cm³/mol. The van der Waals surface area contributed by atoms with Gasteiger partial charge in [-0.3, -0.25) is 0 Å². The molecule has 1 aromatic rings. The molecule has 0 unspecified atom stereocenters. The number of carbonyl (C=O) groups is 1. The van der Waals surface area contributed by atoms with Crippen molar-refractivity contribution in [3.63, 3.8) is 0 Å². The number of fused-ring (bicyclic) bond motifs is 2. The SMILES string of the molecule is Cc1c(Br)cccc1[C@@H]1CCCN1C(=O)N[C@@H]1C[C@@H]2CC[C@H]1N2C#N. The van der Waals surface area contributed by atoms with Gasteiger partial charge in [0, 0.05) is 17.1 Å². The molecule has 3 fully saturated rings. The van der Waals surface area contributed by atoms with Crippen LogP contribution in [0.25, 0.3) is 0 Å². The fourth-order valence-electron chi connectivity index (χ4n) is 4.86. The molecule has 25 heavy (non-hydrogen) atoms. The van der Waals surface area contributed by atoms with E-state index >= 15 is 0 Å². The van der Waals surface area contributed by atoms with E-state index in [1.165, 1.54) is 11.1 Å². The van der Waals surface area contributed by atoms with Crippen molar-refractivity contribution in [1.29, 1.82) is 5.26 Å². The van der Waals surface area contributed by atoms with Crippen molar-refractivity contribution in [1.82, 2.24) is 15.1 Å². The average Bonchev–Trinajstić information content (AvgIpc) is 3.30. The van der Waals surface area contributed by atoms with Gasteiger partial charge in [-0.1, -0.05) is 28.1 Å². The molecule has 132 valence electrons. The Morgan fingerprint density at radius 2 is 2.20 bits per heavy atom. The fourth-order valence-corrected chi connectivity index (χ4v) is 5.24. The molecule has 6 heteroatoms. The number of carbonyl (C=O) groups excluding carboxylic acids is 1. The van der Waals surface area contributed by atoms with Gasteiger partial charge >= 0.3 is 6.03 Å². The quantitative estimate of drug-likeness (QED) is 0.767. The number of hydrogen-bond donors (Lipinski definition) is 1. The predicted octanol–water partition coefficient (Wildman–Crippen LogP) is 3.69. The van der Waals surface area contributed by atoms with Gasteiger partial charge in [-0.25, -0.2) is 4.79 Å². The minimum absolute atomic E-state index is 0.0253. The molecular weight excluding hydrogens is 380 g/mol. The molecule has 4 rings (SSSR count). The van der Waals surface area contributed by atoms with Gasteiger partial charge in [-0.05, 0) is 56.2 Å². The van der Waals surface area contributed by atoms with Crippen molar-refractivity contribution >= 4 is 22.0 Å². The summed E-state index contributed by atoms with van der Waals surface area (Å²) < 4.78 is 1.09. The molecule has 0 saturated carbocycles. The van der Waals surface area contributed by atoms with Crippen LogP contribution in [0.3, 0.4) is 0 Å². The molecule has 0 spiro atoms. The summed E-state index contributed by atoms with van der Waals surface area (Å²) in [6.07, 6.45) is 7.34. The summed E-state index contributed by atoms with van der Waals surface area (Å²) in [5, 5.41) is 12.5. The van der Waals surface area contributed by atoms with Gasteiger partial charge in [0.2, 0.25) is 0 Å². The van der Waals surface area contributed by atoms with E-state index in [-0.39, 0.29) is 24.2 Å². The normalized spacial score (nSPS) is 30.6. The van der Waals surface area contributed by atoms with E-state index in [0.29, 0.717) is 6.04 Å². The first-order valence-electron chi connectivity index (χ1n) is 9.10. The van der Waals surface area contributed by atoms with Gasteiger partial charge in [-0.2, -0.15) is 5.26 Å². The zero-order valence-corrected chi connectivity index (χ0v) is 16.0. The number of nitrogens with zero attached hydrogens (tertiary/aromatic N) is 3. The van der Waals surface area contributed by atoms with Crippen LogP contribution in [0.4, 0.5) is 4.79 Å². The smallest absolute Gasteiger partial charge is 0.318 e. The Hall–Kier alpha value is -1.74. The third-order valence-corrected chi connectivity index (χ3v) is 7.00. The lowest BCUT2D eigenvalue weighted by atomic mass is 9.95. The van der Waals surface area contributed by atoms with Crippen LogP contribution in [-0.2, 0) is 0 Å². The Labute approximate surface area is 157 Å². The van der Waals surface area contributed by atoms with Crippen molar-refractivity contribution in [2.24, 2.45) is 0 Å². The van der Waals surface area contributed by atoms with Crippen molar-refractivity contribution in [2.45, 2.75) is 63.2 Å². The number of benzene rings is 1. The highest BCUT2D eigenvalue weighted by Gasteiger charge is 2.47. The van der Waals surface area contributed by atoms with Crippen LogP contribution in [0.15, 0.2) is 22.7 Å². The first kappa shape index (κ1) is 16.7. The molecule has 5 nitrogen and oxygen atoms in total. The lowest BCUT2D eigenvalue weighted by molar-refractivity contribution is 0.185. The Morgan fingerprint density at radius 3 is 2.96 bits per heavy atom. The molecule has 0 radical (unpaired) electrons.